The van der Waals surface area contributed by atoms with Crippen LogP contribution in [0, 0.1) is 0 Å². The van der Waals surface area contributed by atoms with Crippen molar-refractivity contribution < 1.29 is 10.2 Å². The van der Waals surface area contributed by atoms with Crippen molar-refractivity contribution in [3.05, 3.63) is 88.7 Å². The second-order valence-electron chi connectivity index (χ2n) is 8.92. The summed E-state index contributed by atoms with van der Waals surface area (Å²) >= 11 is 0. The van der Waals surface area contributed by atoms with Gasteiger partial charge in [-0.2, -0.15) is 5.10 Å². The molecule has 164 valence electrons. The van der Waals surface area contributed by atoms with Crippen molar-refractivity contribution in [2.24, 2.45) is 0 Å². The molecule has 0 saturated heterocycles. The first-order chi connectivity index (χ1) is 15.4. The third kappa shape index (κ3) is 3.50. The molecule has 0 spiro atoms. The first-order valence-corrected chi connectivity index (χ1v) is 11.1. The standard InChI is InChI=1S/C26H28N4O2/c1-4-16-7-5-6-8-19(16)23-25-24(21(31)15-27-23)28-22-14-13-20(29-30(22)25)17-9-11-18(12-10-17)26(2,3)32/h5-14,21,23,27,31-32H,4,15H2,1-3H3/t21-,23-/m1/s1. The number of fused-ring (bicyclic) bond motifs is 3. The maximum atomic E-state index is 10.7. The maximum Gasteiger partial charge on any atom is 0.154 e. The van der Waals surface area contributed by atoms with E-state index in [2.05, 4.69) is 30.4 Å². The Morgan fingerprint density at radius 2 is 1.81 bits per heavy atom. The van der Waals surface area contributed by atoms with Gasteiger partial charge in [0, 0.05) is 12.1 Å². The highest BCUT2D eigenvalue weighted by Gasteiger charge is 2.33. The molecule has 0 unspecified atom stereocenters. The van der Waals surface area contributed by atoms with E-state index in [9.17, 15) is 10.2 Å². The van der Waals surface area contributed by atoms with E-state index in [0.29, 0.717) is 17.9 Å². The first kappa shape index (κ1) is 20.8. The second-order valence-corrected chi connectivity index (χ2v) is 8.92. The molecule has 0 bridgehead atoms. The Bertz CT molecular complexity index is 1270. The second kappa shape index (κ2) is 7.81. The summed E-state index contributed by atoms with van der Waals surface area (Å²) in [5.74, 6) is 0. The molecule has 6 heteroatoms. The van der Waals surface area contributed by atoms with Crippen molar-refractivity contribution in [3.8, 4) is 11.3 Å². The number of benzene rings is 2. The van der Waals surface area contributed by atoms with E-state index in [4.69, 9.17) is 10.1 Å². The van der Waals surface area contributed by atoms with Crippen LogP contribution >= 0.6 is 0 Å². The smallest absolute Gasteiger partial charge is 0.154 e. The summed E-state index contributed by atoms with van der Waals surface area (Å²) in [6.45, 7) is 6.15. The lowest BCUT2D eigenvalue weighted by molar-refractivity contribution is 0.0786. The Hall–Kier alpha value is -3.06. The Balaban J connectivity index is 1.64. The van der Waals surface area contributed by atoms with Crippen LogP contribution in [0.25, 0.3) is 16.9 Å². The van der Waals surface area contributed by atoms with Crippen LogP contribution in [0.1, 0.15) is 61.0 Å². The third-order valence-electron chi connectivity index (χ3n) is 6.28. The topological polar surface area (TPSA) is 82.7 Å². The maximum absolute atomic E-state index is 10.7. The van der Waals surface area contributed by atoms with Gasteiger partial charge >= 0.3 is 0 Å². The van der Waals surface area contributed by atoms with Gasteiger partial charge in [0.25, 0.3) is 0 Å². The van der Waals surface area contributed by atoms with Crippen molar-refractivity contribution in [3.63, 3.8) is 0 Å². The number of hydrogen-bond acceptors (Lipinski definition) is 5. The fourth-order valence-corrected chi connectivity index (χ4v) is 4.50. The lowest BCUT2D eigenvalue weighted by Gasteiger charge is -2.28. The van der Waals surface area contributed by atoms with Crippen molar-refractivity contribution in [2.45, 2.75) is 44.9 Å². The Kier molecular flexibility index (Phi) is 5.08. The molecule has 3 heterocycles. The molecule has 0 radical (unpaired) electrons. The predicted octanol–water partition coefficient (Wildman–Crippen LogP) is 3.91. The lowest BCUT2D eigenvalue weighted by Crippen LogP contribution is -2.35. The van der Waals surface area contributed by atoms with E-state index >= 15 is 0 Å². The van der Waals surface area contributed by atoms with Crippen LogP contribution in [0.15, 0.2) is 60.7 Å². The highest BCUT2D eigenvalue weighted by atomic mass is 16.3. The van der Waals surface area contributed by atoms with Gasteiger partial charge in [-0.1, -0.05) is 55.5 Å². The number of rotatable bonds is 4. The highest BCUT2D eigenvalue weighted by Crippen LogP contribution is 2.35. The zero-order valence-electron chi connectivity index (χ0n) is 18.6. The Morgan fingerprint density at radius 3 is 2.53 bits per heavy atom. The summed E-state index contributed by atoms with van der Waals surface area (Å²) in [4.78, 5) is 4.72. The van der Waals surface area contributed by atoms with Gasteiger partial charge in [-0.15, -0.1) is 0 Å². The summed E-state index contributed by atoms with van der Waals surface area (Å²) in [5, 5.41) is 29.3. The van der Waals surface area contributed by atoms with Gasteiger partial charge in [-0.3, -0.25) is 0 Å². The predicted molar refractivity (Wildman–Crippen MR) is 124 cm³/mol. The lowest BCUT2D eigenvalue weighted by atomic mass is 9.92. The minimum Gasteiger partial charge on any atom is -0.386 e. The molecule has 5 rings (SSSR count). The van der Waals surface area contributed by atoms with Crippen molar-refractivity contribution in [2.75, 3.05) is 6.54 Å². The van der Waals surface area contributed by atoms with Crippen LogP contribution in [-0.4, -0.2) is 31.4 Å². The number of aliphatic hydroxyl groups excluding tert-OH is 1. The van der Waals surface area contributed by atoms with Gasteiger partial charge in [0.2, 0.25) is 0 Å². The molecule has 0 amide bonds. The average Bonchev–Trinajstić information content (AvgIpc) is 3.19. The molecular weight excluding hydrogens is 400 g/mol. The molecule has 2 aromatic carbocycles. The molecule has 0 saturated carbocycles. The number of aliphatic hydroxyl groups is 2. The van der Waals surface area contributed by atoms with E-state index < -0.39 is 11.7 Å². The summed E-state index contributed by atoms with van der Waals surface area (Å²) in [6.07, 6.45) is 0.251. The number of nitrogens with zero attached hydrogens (tertiary/aromatic N) is 3. The number of aromatic nitrogens is 3. The number of hydrogen-bond donors (Lipinski definition) is 3. The molecule has 2 atom stereocenters. The van der Waals surface area contributed by atoms with E-state index in [0.717, 1.165) is 28.9 Å². The van der Waals surface area contributed by atoms with Gasteiger partial charge < -0.3 is 15.5 Å². The number of β-amino-alcohol motifs (C(OH)–C–C–N with tert-alkyl or cyclic N) is 1. The monoisotopic (exact) mass is 428 g/mol. The Morgan fingerprint density at radius 1 is 1.06 bits per heavy atom. The molecule has 0 fully saturated rings. The van der Waals surface area contributed by atoms with E-state index in [1.54, 1.807) is 13.8 Å². The zero-order valence-corrected chi connectivity index (χ0v) is 18.6. The quantitative estimate of drug-likeness (QED) is 0.459. The molecule has 1 aliphatic heterocycles. The number of nitrogens with one attached hydrogen (secondary N) is 1. The van der Waals surface area contributed by atoms with Crippen LogP contribution in [0.2, 0.25) is 0 Å². The van der Waals surface area contributed by atoms with Gasteiger partial charge in [0.05, 0.1) is 28.7 Å². The fraction of sp³-hybridized carbons (Fsp3) is 0.308. The minimum atomic E-state index is -0.888. The molecule has 0 aliphatic carbocycles. The van der Waals surface area contributed by atoms with Gasteiger partial charge in [-0.25, -0.2) is 9.50 Å². The summed E-state index contributed by atoms with van der Waals surface area (Å²) in [5.41, 5.74) is 6.46. The largest absolute Gasteiger partial charge is 0.386 e. The highest BCUT2D eigenvalue weighted by molar-refractivity contribution is 5.61. The SMILES string of the molecule is CCc1ccccc1[C@H]1NC[C@@H](O)c2nc3ccc(-c4ccc(C(C)(C)O)cc4)nn3c21. The van der Waals surface area contributed by atoms with Gasteiger partial charge in [0.1, 0.15) is 6.10 Å². The molecule has 1 aliphatic rings. The third-order valence-corrected chi connectivity index (χ3v) is 6.28. The van der Waals surface area contributed by atoms with Crippen LogP contribution in [-0.2, 0) is 12.0 Å². The molecule has 2 aromatic heterocycles. The van der Waals surface area contributed by atoms with Gasteiger partial charge in [0.15, 0.2) is 5.65 Å². The summed E-state index contributed by atoms with van der Waals surface area (Å²) < 4.78 is 1.86. The minimum absolute atomic E-state index is 0.0973. The molecule has 3 N–H and O–H groups in total. The van der Waals surface area contributed by atoms with E-state index in [-0.39, 0.29) is 6.04 Å². The summed E-state index contributed by atoms with van der Waals surface area (Å²) in [6, 6.07) is 20.0. The fourth-order valence-electron chi connectivity index (χ4n) is 4.50. The average molecular weight is 429 g/mol. The van der Waals surface area contributed by atoms with Gasteiger partial charge in [-0.05, 0) is 49.1 Å². The van der Waals surface area contributed by atoms with Crippen LogP contribution < -0.4 is 5.32 Å². The molecule has 4 aromatic rings. The number of imidazole rings is 1. The molecule has 32 heavy (non-hydrogen) atoms. The van der Waals surface area contributed by atoms with Crippen molar-refractivity contribution in [1.82, 2.24) is 19.9 Å². The van der Waals surface area contributed by atoms with Crippen molar-refractivity contribution in [1.29, 1.82) is 0 Å². The molecular formula is C26H28N4O2. The number of aryl methyl sites for hydroxylation is 1. The first-order valence-electron chi connectivity index (χ1n) is 11.1. The summed E-state index contributed by atoms with van der Waals surface area (Å²) in [7, 11) is 0. The molecule has 6 nitrogen and oxygen atoms in total. The van der Waals surface area contributed by atoms with Crippen LogP contribution in [0.5, 0.6) is 0 Å². The van der Waals surface area contributed by atoms with Crippen LogP contribution in [0.3, 0.4) is 0 Å². The van der Waals surface area contributed by atoms with E-state index in [1.165, 1.54) is 11.1 Å². The van der Waals surface area contributed by atoms with E-state index in [1.807, 2.05) is 47.0 Å². The Labute approximate surface area is 187 Å². The normalized spacial score (nSPS) is 18.7. The zero-order chi connectivity index (χ0) is 22.5. The van der Waals surface area contributed by atoms with Crippen LogP contribution in [0.4, 0.5) is 0 Å². The van der Waals surface area contributed by atoms with Crippen molar-refractivity contribution >= 4 is 5.65 Å².